The highest BCUT2D eigenvalue weighted by Gasteiger charge is 2.41. The fraction of sp³-hybridized carbons (Fsp3) is 0.567. The average molecular weight is 627 g/mol. The molecular weight excluding hydrogens is 584 g/mol. The molecule has 3 aliphatic heterocycles. The molecule has 2 saturated heterocycles. The molecule has 42 heavy (non-hydrogen) atoms. The Morgan fingerprint density at radius 1 is 1.19 bits per heavy atom. The molecule has 2 fully saturated rings. The Bertz CT molecular complexity index is 1230. The number of halogens is 3. The van der Waals surface area contributed by atoms with Gasteiger partial charge in [0.2, 0.25) is 11.8 Å². The maximum absolute atomic E-state index is 13.9. The third-order valence-corrected chi connectivity index (χ3v) is 8.10. The molecule has 1 aromatic carbocycles. The molecule has 0 unspecified atom stereocenters. The number of hydrogen-bond donors (Lipinski definition) is 1. The number of hydrogen-bond acceptors (Lipinski definition) is 7. The highest BCUT2D eigenvalue weighted by Crippen LogP contribution is 2.39. The second-order valence-electron chi connectivity index (χ2n) is 12.0. The van der Waals surface area contributed by atoms with E-state index in [2.05, 4.69) is 37.1 Å². The van der Waals surface area contributed by atoms with E-state index in [0.717, 1.165) is 22.5 Å². The minimum absolute atomic E-state index is 0. The molecule has 2 amide bonds. The van der Waals surface area contributed by atoms with E-state index in [1.54, 1.807) is 19.2 Å². The van der Waals surface area contributed by atoms with Crippen LogP contribution >= 0.6 is 24.8 Å². The Hall–Kier alpha value is -2.34. The molecule has 1 N–H and O–H groups in total. The van der Waals surface area contributed by atoms with Crippen LogP contribution in [0, 0.1) is 5.82 Å². The van der Waals surface area contributed by atoms with Gasteiger partial charge >= 0.3 is 0 Å². The first kappa shape index (κ1) is 34.2. The zero-order valence-electron chi connectivity index (χ0n) is 24.7. The van der Waals surface area contributed by atoms with Gasteiger partial charge in [-0.1, -0.05) is 26.0 Å². The van der Waals surface area contributed by atoms with Gasteiger partial charge in [0.25, 0.3) is 0 Å². The van der Waals surface area contributed by atoms with Crippen molar-refractivity contribution in [1.82, 2.24) is 20.1 Å². The lowest BCUT2D eigenvalue weighted by atomic mass is 9.91. The molecular formula is C30H42Cl2FN5O4. The molecule has 232 valence electrons. The smallest absolute Gasteiger partial charge is 0.248 e. The van der Waals surface area contributed by atoms with Crippen LogP contribution in [0.3, 0.4) is 0 Å². The number of ether oxygens (including phenoxy) is 2. The molecule has 0 spiro atoms. The van der Waals surface area contributed by atoms with Gasteiger partial charge in [0, 0.05) is 63.5 Å². The van der Waals surface area contributed by atoms with Crippen LogP contribution in [-0.2, 0) is 30.9 Å². The lowest BCUT2D eigenvalue weighted by Crippen LogP contribution is -2.62. The van der Waals surface area contributed by atoms with E-state index in [1.807, 2.05) is 16.0 Å². The van der Waals surface area contributed by atoms with E-state index >= 15 is 0 Å². The van der Waals surface area contributed by atoms with Crippen molar-refractivity contribution in [2.75, 3.05) is 64.5 Å². The number of aromatic nitrogens is 1. The van der Waals surface area contributed by atoms with Crippen molar-refractivity contribution in [3.8, 4) is 0 Å². The highest BCUT2D eigenvalue weighted by molar-refractivity contribution is 5.97. The minimum Gasteiger partial charge on any atom is -0.382 e. The van der Waals surface area contributed by atoms with E-state index in [4.69, 9.17) is 14.5 Å². The largest absolute Gasteiger partial charge is 0.382 e. The number of benzene rings is 1. The fourth-order valence-corrected chi connectivity index (χ4v) is 6.00. The quantitative estimate of drug-likeness (QED) is 0.483. The molecule has 2 aromatic rings. The second-order valence-corrected chi connectivity index (χ2v) is 12.0. The highest BCUT2D eigenvalue weighted by atomic mass is 35.5. The predicted octanol–water partition coefficient (Wildman–Crippen LogP) is 2.82. The van der Waals surface area contributed by atoms with E-state index in [1.165, 1.54) is 12.1 Å². The lowest BCUT2D eigenvalue weighted by Gasteiger charge is -2.43. The summed E-state index contributed by atoms with van der Waals surface area (Å²) in [5.41, 5.74) is 3.45. The predicted molar refractivity (Wildman–Crippen MR) is 164 cm³/mol. The van der Waals surface area contributed by atoms with Gasteiger partial charge in [0.05, 0.1) is 30.6 Å². The van der Waals surface area contributed by atoms with Crippen molar-refractivity contribution < 1.29 is 23.5 Å². The van der Waals surface area contributed by atoms with Crippen molar-refractivity contribution in [2.45, 2.75) is 50.8 Å². The van der Waals surface area contributed by atoms with Crippen molar-refractivity contribution in [3.05, 3.63) is 59.2 Å². The SMILES string of the molecule is COC[C@@H]1CN(C[C@H]2CN[C@H](C)CN2CC(=O)N2CC(C)(C)c3ncc(Cc4ccc(F)cc4)cc32)C(=O)CO1.Cl.Cl. The van der Waals surface area contributed by atoms with Crippen LogP contribution in [0.25, 0.3) is 0 Å². The maximum Gasteiger partial charge on any atom is 0.248 e. The second kappa shape index (κ2) is 14.4. The minimum atomic E-state index is -0.272. The van der Waals surface area contributed by atoms with E-state index in [-0.39, 0.29) is 79.2 Å². The molecule has 0 radical (unpaired) electrons. The number of carbonyl (C=O) groups is 2. The number of amides is 2. The van der Waals surface area contributed by atoms with Gasteiger partial charge in [-0.2, -0.15) is 0 Å². The van der Waals surface area contributed by atoms with Crippen LogP contribution in [-0.4, -0.2) is 104 Å². The van der Waals surface area contributed by atoms with E-state index in [9.17, 15) is 14.0 Å². The number of rotatable bonds is 8. The molecule has 5 rings (SSSR count). The van der Waals surface area contributed by atoms with Crippen molar-refractivity contribution >= 4 is 42.3 Å². The Kier molecular flexibility index (Phi) is 11.7. The third-order valence-electron chi connectivity index (χ3n) is 8.10. The first-order valence-electron chi connectivity index (χ1n) is 14.0. The van der Waals surface area contributed by atoms with Crippen molar-refractivity contribution in [2.24, 2.45) is 0 Å². The topological polar surface area (TPSA) is 87.2 Å². The zero-order valence-corrected chi connectivity index (χ0v) is 26.3. The Morgan fingerprint density at radius 2 is 1.93 bits per heavy atom. The number of fused-ring (bicyclic) bond motifs is 1. The average Bonchev–Trinajstić information content (AvgIpc) is 3.19. The van der Waals surface area contributed by atoms with Gasteiger partial charge in [-0.25, -0.2) is 4.39 Å². The summed E-state index contributed by atoms with van der Waals surface area (Å²) in [5.74, 6) is -0.271. The zero-order chi connectivity index (χ0) is 28.4. The van der Waals surface area contributed by atoms with Crippen molar-refractivity contribution in [3.63, 3.8) is 0 Å². The van der Waals surface area contributed by atoms with Gasteiger partial charge in [-0.15, -0.1) is 24.8 Å². The standard InChI is InChI=1S/C30H40FN5O4.2ClH/c1-20-13-34(24(12-32-20)14-35-15-25(17-39-4)40-18-28(35)38)16-27(37)36-19-30(2,3)29-26(36)10-22(11-33-29)9-21-5-7-23(31)8-6-21;;/h5-8,10-11,20,24-25,32H,9,12-19H2,1-4H3;2*1H/t20-,24-,25+;;/m1../s1. The number of carbonyl (C=O) groups excluding carboxylic acids is 2. The van der Waals surface area contributed by atoms with Gasteiger partial charge in [-0.05, 0) is 42.7 Å². The van der Waals surface area contributed by atoms with Gasteiger partial charge in [-0.3, -0.25) is 19.5 Å². The summed E-state index contributed by atoms with van der Waals surface area (Å²) in [6.45, 7) is 10.1. The summed E-state index contributed by atoms with van der Waals surface area (Å²) in [4.78, 5) is 37.2. The summed E-state index contributed by atoms with van der Waals surface area (Å²) in [6.07, 6.45) is 2.33. The van der Waals surface area contributed by atoms with Crippen LogP contribution in [0.5, 0.6) is 0 Å². The fourth-order valence-electron chi connectivity index (χ4n) is 6.00. The molecule has 0 bridgehead atoms. The number of anilines is 1. The first-order chi connectivity index (χ1) is 19.1. The van der Waals surface area contributed by atoms with Gasteiger partial charge in [0.15, 0.2) is 0 Å². The number of pyridine rings is 1. The van der Waals surface area contributed by atoms with Crippen LogP contribution in [0.15, 0.2) is 36.5 Å². The van der Waals surface area contributed by atoms with Crippen LogP contribution < -0.4 is 10.2 Å². The molecule has 1 aromatic heterocycles. The Labute approximate surface area is 259 Å². The molecule has 4 heterocycles. The maximum atomic E-state index is 13.9. The summed E-state index contributed by atoms with van der Waals surface area (Å²) in [5, 5.41) is 3.51. The molecule has 9 nitrogen and oxygen atoms in total. The van der Waals surface area contributed by atoms with E-state index in [0.29, 0.717) is 45.8 Å². The first-order valence-corrected chi connectivity index (χ1v) is 14.0. The Morgan fingerprint density at radius 3 is 2.64 bits per heavy atom. The van der Waals surface area contributed by atoms with Crippen LogP contribution in [0.1, 0.15) is 37.6 Å². The summed E-state index contributed by atoms with van der Waals surface area (Å²) in [7, 11) is 1.63. The van der Waals surface area contributed by atoms with E-state index < -0.39 is 0 Å². The van der Waals surface area contributed by atoms with Gasteiger partial charge < -0.3 is 24.6 Å². The number of piperazine rings is 1. The third kappa shape index (κ3) is 7.78. The normalized spacial score (nSPS) is 23.6. The summed E-state index contributed by atoms with van der Waals surface area (Å²) >= 11 is 0. The summed E-state index contributed by atoms with van der Waals surface area (Å²) < 4.78 is 24.2. The van der Waals surface area contributed by atoms with Gasteiger partial charge in [0.1, 0.15) is 12.4 Å². The molecule has 3 aliphatic rings. The van der Waals surface area contributed by atoms with Crippen molar-refractivity contribution in [1.29, 1.82) is 0 Å². The molecule has 3 atom stereocenters. The van der Waals surface area contributed by atoms with Crippen LogP contribution in [0.2, 0.25) is 0 Å². The lowest BCUT2D eigenvalue weighted by molar-refractivity contribution is -0.153. The molecule has 0 aliphatic carbocycles. The van der Waals surface area contributed by atoms with Crippen LogP contribution in [0.4, 0.5) is 10.1 Å². The number of nitrogens with one attached hydrogen (secondary N) is 1. The monoisotopic (exact) mass is 625 g/mol. The molecule has 12 heteroatoms. The Balaban J connectivity index is 0.00000242. The number of morpholine rings is 1. The number of nitrogens with zero attached hydrogens (tertiary/aromatic N) is 4. The molecule has 0 saturated carbocycles. The number of methoxy groups -OCH3 is 1. The summed E-state index contributed by atoms with van der Waals surface area (Å²) in [6, 6.07) is 8.76.